The van der Waals surface area contributed by atoms with Crippen molar-refractivity contribution in [3.8, 4) is 11.5 Å². The van der Waals surface area contributed by atoms with Crippen LogP contribution in [0.3, 0.4) is 0 Å². The first kappa shape index (κ1) is 18.1. The number of thioether (sulfide) groups is 1. The van der Waals surface area contributed by atoms with Gasteiger partial charge in [-0.2, -0.15) is 0 Å². The van der Waals surface area contributed by atoms with Gasteiger partial charge in [0.2, 0.25) is 0 Å². The monoisotopic (exact) mass is 368 g/mol. The third kappa shape index (κ3) is 3.60. The number of methoxy groups -OCH3 is 2. The molecule has 0 atom stereocenters. The van der Waals surface area contributed by atoms with Crippen LogP contribution in [0.2, 0.25) is 0 Å². The van der Waals surface area contributed by atoms with E-state index < -0.39 is 0 Å². The summed E-state index contributed by atoms with van der Waals surface area (Å²) < 4.78 is 10.6. The van der Waals surface area contributed by atoms with Crippen molar-refractivity contribution < 1.29 is 14.3 Å². The summed E-state index contributed by atoms with van der Waals surface area (Å²) in [4.78, 5) is 19.4. The van der Waals surface area contributed by atoms with Crippen molar-refractivity contribution in [2.45, 2.75) is 6.92 Å². The van der Waals surface area contributed by atoms with E-state index in [0.717, 1.165) is 16.8 Å². The van der Waals surface area contributed by atoms with E-state index in [4.69, 9.17) is 9.47 Å². The van der Waals surface area contributed by atoms with E-state index in [9.17, 15) is 4.79 Å². The first-order valence-electron chi connectivity index (χ1n) is 8.07. The molecular formula is C20H20N2O3S. The largest absolute Gasteiger partial charge is 0.497 e. The molecule has 1 saturated heterocycles. The Kier molecular flexibility index (Phi) is 5.32. The van der Waals surface area contributed by atoms with Gasteiger partial charge in [0.1, 0.15) is 11.5 Å². The molecule has 1 aliphatic rings. The molecule has 0 aromatic heterocycles. The molecule has 1 heterocycles. The number of amidine groups is 1. The van der Waals surface area contributed by atoms with Gasteiger partial charge >= 0.3 is 0 Å². The van der Waals surface area contributed by atoms with Crippen LogP contribution >= 0.6 is 11.8 Å². The molecule has 0 radical (unpaired) electrons. The number of hydrogen-bond acceptors (Lipinski definition) is 5. The number of para-hydroxylation sites is 1. The molecule has 0 spiro atoms. The normalized spacial score (nSPS) is 17.2. The van der Waals surface area contributed by atoms with Gasteiger partial charge in [-0.1, -0.05) is 18.2 Å². The highest BCUT2D eigenvalue weighted by atomic mass is 32.2. The molecule has 134 valence electrons. The SMILES string of the molecule is COc1ccc(/C=C2/SC(=Nc3ccccc3C)N(C)C2=O)c(OC)c1. The Hall–Kier alpha value is -2.73. The first-order chi connectivity index (χ1) is 12.5. The van der Waals surface area contributed by atoms with Crippen LogP contribution in [-0.4, -0.2) is 37.2 Å². The van der Waals surface area contributed by atoms with Crippen LogP contribution < -0.4 is 9.47 Å². The number of hydrogen-bond donors (Lipinski definition) is 0. The predicted molar refractivity (Wildman–Crippen MR) is 106 cm³/mol. The summed E-state index contributed by atoms with van der Waals surface area (Å²) in [5.74, 6) is 1.27. The van der Waals surface area contributed by atoms with Gasteiger partial charge in [0.25, 0.3) is 5.91 Å². The standard InChI is InChI=1S/C20H20N2O3S/c1-13-7-5-6-8-16(13)21-20-22(2)19(23)18(26-20)11-14-9-10-15(24-3)12-17(14)25-4/h5-12H,1-4H3/b18-11+,21-20?. The average molecular weight is 368 g/mol. The van der Waals surface area contributed by atoms with E-state index in [2.05, 4.69) is 4.99 Å². The van der Waals surface area contributed by atoms with Crippen LogP contribution in [0.15, 0.2) is 52.4 Å². The molecule has 0 unspecified atom stereocenters. The smallest absolute Gasteiger partial charge is 0.266 e. The molecule has 3 rings (SSSR count). The number of carbonyl (C=O) groups is 1. The van der Waals surface area contributed by atoms with Crippen LogP contribution in [0.5, 0.6) is 11.5 Å². The minimum absolute atomic E-state index is 0.0831. The topological polar surface area (TPSA) is 51.1 Å². The van der Waals surface area contributed by atoms with Gasteiger partial charge in [-0.05, 0) is 48.5 Å². The van der Waals surface area contributed by atoms with Gasteiger partial charge in [-0.25, -0.2) is 4.99 Å². The fourth-order valence-electron chi connectivity index (χ4n) is 2.52. The van der Waals surface area contributed by atoms with E-state index in [1.807, 2.05) is 49.4 Å². The van der Waals surface area contributed by atoms with Crippen molar-refractivity contribution >= 4 is 34.6 Å². The number of amides is 1. The van der Waals surface area contributed by atoms with Crippen molar-refractivity contribution in [2.75, 3.05) is 21.3 Å². The minimum atomic E-state index is -0.0831. The molecule has 1 fully saturated rings. The van der Waals surface area contributed by atoms with Crippen LogP contribution in [0.4, 0.5) is 5.69 Å². The second-order valence-electron chi connectivity index (χ2n) is 5.76. The summed E-state index contributed by atoms with van der Waals surface area (Å²) in [7, 11) is 4.93. The van der Waals surface area contributed by atoms with E-state index >= 15 is 0 Å². The highest BCUT2D eigenvalue weighted by Gasteiger charge is 2.30. The van der Waals surface area contributed by atoms with E-state index in [1.54, 1.807) is 32.2 Å². The van der Waals surface area contributed by atoms with Crippen molar-refractivity contribution in [1.29, 1.82) is 0 Å². The summed E-state index contributed by atoms with van der Waals surface area (Å²) >= 11 is 1.36. The van der Waals surface area contributed by atoms with Crippen molar-refractivity contribution in [2.24, 2.45) is 4.99 Å². The second-order valence-corrected chi connectivity index (χ2v) is 6.77. The highest BCUT2D eigenvalue weighted by molar-refractivity contribution is 8.18. The Balaban J connectivity index is 1.94. The number of aryl methyl sites for hydroxylation is 1. The molecule has 0 aliphatic carbocycles. The first-order valence-corrected chi connectivity index (χ1v) is 8.89. The zero-order chi connectivity index (χ0) is 18.7. The van der Waals surface area contributed by atoms with Crippen LogP contribution in [0.1, 0.15) is 11.1 Å². The molecule has 0 bridgehead atoms. The maximum atomic E-state index is 12.6. The molecule has 26 heavy (non-hydrogen) atoms. The lowest BCUT2D eigenvalue weighted by atomic mass is 10.1. The number of nitrogens with zero attached hydrogens (tertiary/aromatic N) is 2. The summed E-state index contributed by atoms with van der Waals surface area (Å²) in [5, 5.41) is 0.656. The van der Waals surface area contributed by atoms with Crippen LogP contribution in [0.25, 0.3) is 6.08 Å². The van der Waals surface area contributed by atoms with Gasteiger partial charge in [-0.3, -0.25) is 9.69 Å². The van der Waals surface area contributed by atoms with Gasteiger partial charge in [-0.15, -0.1) is 0 Å². The van der Waals surface area contributed by atoms with Gasteiger partial charge in [0.15, 0.2) is 5.17 Å². The molecule has 5 nitrogen and oxygen atoms in total. The summed E-state index contributed by atoms with van der Waals surface area (Å²) in [5.41, 5.74) is 2.74. The van der Waals surface area contributed by atoms with E-state index in [1.165, 1.54) is 11.8 Å². The fraction of sp³-hybridized carbons (Fsp3) is 0.200. The number of carbonyl (C=O) groups excluding carboxylic acids is 1. The Bertz CT molecular complexity index is 906. The molecule has 6 heteroatoms. The van der Waals surface area contributed by atoms with Crippen LogP contribution in [-0.2, 0) is 4.79 Å². The molecule has 2 aromatic carbocycles. The summed E-state index contributed by atoms with van der Waals surface area (Å²) in [6.07, 6.45) is 1.82. The third-order valence-corrected chi connectivity index (χ3v) is 5.12. The number of ether oxygens (including phenoxy) is 2. The number of likely N-dealkylation sites (N-methyl/N-ethyl adjacent to an activating group) is 1. The Morgan fingerprint density at radius 2 is 1.88 bits per heavy atom. The Morgan fingerprint density at radius 1 is 1.12 bits per heavy atom. The van der Waals surface area contributed by atoms with Gasteiger partial charge in [0.05, 0.1) is 24.8 Å². The van der Waals surface area contributed by atoms with Crippen molar-refractivity contribution in [3.05, 3.63) is 58.5 Å². The molecule has 0 saturated carbocycles. The number of benzene rings is 2. The average Bonchev–Trinajstić information content (AvgIpc) is 2.92. The van der Waals surface area contributed by atoms with Crippen LogP contribution in [0, 0.1) is 6.92 Å². The Morgan fingerprint density at radius 3 is 2.58 bits per heavy atom. The minimum Gasteiger partial charge on any atom is -0.497 e. The molecule has 2 aromatic rings. The molecule has 1 aliphatic heterocycles. The lowest BCUT2D eigenvalue weighted by Gasteiger charge is -2.08. The summed E-state index contributed by atoms with van der Waals surface area (Å²) in [6, 6.07) is 13.3. The fourth-order valence-corrected chi connectivity index (χ4v) is 3.49. The number of rotatable bonds is 4. The molecular weight excluding hydrogens is 348 g/mol. The quantitative estimate of drug-likeness (QED) is 0.757. The third-order valence-electron chi connectivity index (χ3n) is 4.06. The molecule has 0 N–H and O–H groups in total. The Labute approximate surface area is 157 Å². The van der Waals surface area contributed by atoms with Gasteiger partial charge in [0, 0.05) is 18.7 Å². The zero-order valence-electron chi connectivity index (χ0n) is 15.1. The molecule has 1 amide bonds. The summed E-state index contributed by atoms with van der Waals surface area (Å²) in [6.45, 7) is 2.00. The lowest BCUT2D eigenvalue weighted by molar-refractivity contribution is -0.121. The van der Waals surface area contributed by atoms with Crippen molar-refractivity contribution in [3.63, 3.8) is 0 Å². The second kappa shape index (κ2) is 7.66. The van der Waals surface area contributed by atoms with E-state index in [0.29, 0.717) is 21.6 Å². The lowest BCUT2D eigenvalue weighted by Crippen LogP contribution is -2.23. The predicted octanol–water partition coefficient (Wildman–Crippen LogP) is 4.25. The highest BCUT2D eigenvalue weighted by Crippen LogP contribution is 2.35. The maximum Gasteiger partial charge on any atom is 0.266 e. The maximum absolute atomic E-state index is 12.6. The zero-order valence-corrected chi connectivity index (χ0v) is 16.0. The van der Waals surface area contributed by atoms with E-state index in [-0.39, 0.29) is 5.91 Å². The van der Waals surface area contributed by atoms with Gasteiger partial charge < -0.3 is 9.47 Å². The number of aliphatic imine (C=N–C) groups is 1. The van der Waals surface area contributed by atoms with Crippen molar-refractivity contribution in [1.82, 2.24) is 4.90 Å².